The van der Waals surface area contributed by atoms with Crippen LogP contribution in [-0.4, -0.2) is 19.4 Å². The molecule has 0 aliphatic rings. The quantitative estimate of drug-likeness (QED) is 0.589. The Bertz CT molecular complexity index is 1020. The van der Waals surface area contributed by atoms with Crippen LogP contribution in [-0.2, 0) is 0 Å². The highest BCUT2D eigenvalue weighted by Gasteiger charge is 2.11. The maximum Gasteiger partial charge on any atom is 0.137 e. The highest BCUT2D eigenvalue weighted by molar-refractivity contribution is 5.65. The lowest BCUT2D eigenvalue weighted by molar-refractivity contribution is 0.833. The summed E-state index contributed by atoms with van der Waals surface area (Å²) in [5, 5.41) is 3.52. The van der Waals surface area contributed by atoms with Crippen molar-refractivity contribution in [2.45, 2.75) is 26.8 Å². The molecule has 0 aliphatic heterocycles. The average Bonchev–Trinajstić information content (AvgIpc) is 3.06. The molecule has 26 heavy (non-hydrogen) atoms. The summed E-state index contributed by atoms with van der Waals surface area (Å²) in [7, 11) is 0. The van der Waals surface area contributed by atoms with Gasteiger partial charge in [0.1, 0.15) is 11.5 Å². The summed E-state index contributed by atoms with van der Waals surface area (Å²) in [6.07, 6.45) is 5.96. The SMILES string of the molecule is Cc1ncc(C(C)Nc2ccc(-c3cn4ccccc4n3)cc2)c(C)n1. The predicted molar refractivity (Wildman–Crippen MR) is 104 cm³/mol. The van der Waals surface area contributed by atoms with Gasteiger partial charge in [-0.15, -0.1) is 0 Å². The van der Waals surface area contributed by atoms with Gasteiger partial charge in [0.05, 0.1) is 11.7 Å². The van der Waals surface area contributed by atoms with Crippen LogP contribution in [0.15, 0.2) is 61.1 Å². The highest BCUT2D eigenvalue weighted by atomic mass is 15.0. The third-order valence-corrected chi connectivity index (χ3v) is 4.53. The molecule has 3 aromatic heterocycles. The number of nitrogens with one attached hydrogen (secondary N) is 1. The van der Waals surface area contributed by atoms with Crippen molar-refractivity contribution in [2.24, 2.45) is 0 Å². The van der Waals surface area contributed by atoms with Crippen molar-refractivity contribution in [3.05, 3.63) is 78.1 Å². The number of hydrogen-bond donors (Lipinski definition) is 1. The number of aromatic nitrogens is 4. The molecular weight excluding hydrogens is 322 g/mol. The third kappa shape index (κ3) is 3.16. The van der Waals surface area contributed by atoms with E-state index in [1.807, 2.05) is 55.0 Å². The molecule has 1 unspecified atom stereocenters. The van der Waals surface area contributed by atoms with Gasteiger partial charge in [-0.05, 0) is 45.0 Å². The van der Waals surface area contributed by atoms with Crippen LogP contribution in [0.2, 0.25) is 0 Å². The van der Waals surface area contributed by atoms with Crippen molar-refractivity contribution in [1.82, 2.24) is 19.4 Å². The van der Waals surface area contributed by atoms with Gasteiger partial charge in [0, 0.05) is 41.1 Å². The fourth-order valence-corrected chi connectivity index (χ4v) is 3.16. The van der Waals surface area contributed by atoms with E-state index in [4.69, 9.17) is 0 Å². The first-order valence-electron chi connectivity index (χ1n) is 8.71. The number of fused-ring (bicyclic) bond motifs is 1. The maximum absolute atomic E-state index is 4.67. The Hall–Kier alpha value is -3.21. The lowest BCUT2D eigenvalue weighted by atomic mass is 10.1. The van der Waals surface area contributed by atoms with Gasteiger partial charge in [-0.1, -0.05) is 18.2 Å². The first-order chi connectivity index (χ1) is 12.6. The molecule has 0 saturated heterocycles. The summed E-state index contributed by atoms with van der Waals surface area (Å²) in [6.45, 7) is 6.05. The van der Waals surface area contributed by atoms with Crippen molar-refractivity contribution in [2.75, 3.05) is 5.32 Å². The van der Waals surface area contributed by atoms with Crippen LogP contribution in [0.1, 0.15) is 30.0 Å². The van der Waals surface area contributed by atoms with Crippen molar-refractivity contribution < 1.29 is 0 Å². The maximum atomic E-state index is 4.67. The fraction of sp³-hybridized carbons (Fsp3) is 0.190. The number of imidazole rings is 1. The summed E-state index contributed by atoms with van der Waals surface area (Å²) in [4.78, 5) is 13.4. The smallest absolute Gasteiger partial charge is 0.137 e. The second kappa shape index (κ2) is 6.59. The second-order valence-electron chi connectivity index (χ2n) is 6.49. The zero-order valence-electron chi connectivity index (χ0n) is 15.1. The Balaban J connectivity index is 1.54. The molecule has 0 saturated carbocycles. The molecule has 0 spiro atoms. The molecule has 0 aliphatic carbocycles. The van der Waals surface area contributed by atoms with E-state index in [1.165, 1.54) is 0 Å². The fourth-order valence-electron chi connectivity index (χ4n) is 3.16. The highest BCUT2D eigenvalue weighted by Crippen LogP contribution is 2.24. The Kier molecular flexibility index (Phi) is 4.13. The molecule has 4 aromatic rings. The molecule has 5 nitrogen and oxygen atoms in total. The minimum atomic E-state index is 0.136. The van der Waals surface area contributed by atoms with E-state index < -0.39 is 0 Å². The number of nitrogens with zero attached hydrogens (tertiary/aromatic N) is 4. The van der Waals surface area contributed by atoms with Gasteiger partial charge in [-0.2, -0.15) is 0 Å². The van der Waals surface area contributed by atoms with E-state index in [9.17, 15) is 0 Å². The molecule has 0 amide bonds. The normalized spacial score (nSPS) is 12.3. The van der Waals surface area contributed by atoms with E-state index in [0.29, 0.717) is 0 Å². The molecule has 5 heteroatoms. The van der Waals surface area contributed by atoms with Gasteiger partial charge in [0.25, 0.3) is 0 Å². The Labute approximate surface area is 152 Å². The lowest BCUT2D eigenvalue weighted by Gasteiger charge is -2.17. The number of hydrogen-bond acceptors (Lipinski definition) is 4. The largest absolute Gasteiger partial charge is 0.378 e. The van der Waals surface area contributed by atoms with E-state index in [2.05, 4.69) is 51.5 Å². The van der Waals surface area contributed by atoms with E-state index >= 15 is 0 Å². The predicted octanol–water partition coefficient (Wildman–Crippen LogP) is 4.58. The van der Waals surface area contributed by atoms with Gasteiger partial charge in [-0.25, -0.2) is 15.0 Å². The van der Waals surface area contributed by atoms with Crippen molar-refractivity contribution >= 4 is 11.3 Å². The number of rotatable bonds is 4. The van der Waals surface area contributed by atoms with E-state index in [-0.39, 0.29) is 6.04 Å². The Morgan fingerprint density at radius 3 is 2.54 bits per heavy atom. The van der Waals surface area contributed by atoms with Crippen LogP contribution < -0.4 is 5.32 Å². The zero-order chi connectivity index (χ0) is 18.1. The van der Waals surface area contributed by atoms with Crippen LogP contribution in [0, 0.1) is 13.8 Å². The van der Waals surface area contributed by atoms with Gasteiger partial charge in [0.15, 0.2) is 0 Å². The summed E-state index contributed by atoms with van der Waals surface area (Å²) < 4.78 is 2.03. The molecule has 0 fully saturated rings. The van der Waals surface area contributed by atoms with Crippen molar-refractivity contribution in [1.29, 1.82) is 0 Å². The summed E-state index contributed by atoms with van der Waals surface area (Å²) in [6, 6.07) is 14.5. The number of benzene rings is 1. The van der Waals surface area contributed by atoms with Gasteiger partial charge >= 0.3 is 0 Å². The first kappa shape index (κ1) is 16.3. The molecule has 130 valence electrons. The Morgan fingerprint density at radius 1 is 1.00 bits per heavy atom. The van der Waals surface area contributed by atoms with Crippen LogP contribution in [0.4, 0.5) is 5.69 Å². The Morgan fingerprint density at radius 2 is 1.81 bits per heavy atom. The number of pyridine rings is 1. The first-order valence-corrected chi connectivity index (χ1v) is 8.71. The van der Waals surface area contributed by atoms with E-state index in [1.54, 1.807) is 0 Å². The molecule has 0 bridgehead atoms. The monoisotopic (exact) mass is 343 g/mol. The van der Waals surface area contributed by atoms with Crippen LogP contribution in [0.5, 0.6) is 0 Å². The minimum absolute atomic E-state index is 0.136. The van der Waals surface area contributed by atoms with Crippen LogP contribution >= 0.6 is 0 Å². The standard InChI is InChI=1S/C21H21N5/c1-14-19(12-22-16(3)23-14)15(2)24-18-9-7-17(8-10-18)20-13-26-11-5-4-6-21(26)25-20/h4-13,15,24H,1-3H3. The minimum Gasteiger partial charge on any atom is -0.378 e. The molecule has 0 radical (unpaired) electrons. The summed E-state index contributed by atoms with van der Waals surface area (Å²) in [5.74, 6) is 0.801. The molecule has 1 N–H and O–H groups in total. The summed E-state index contributed by atoms with van der Waals surface area (Å²) >= 11 is 0. The average molecular weight is 343 g/mol. The van der Waals surface area contributed by atoms with Gasteiger partial charge in [0.2, 0.25) is 0 Å². The molecular formula is C21H21N5. The number of aryl methyl sites for hydroxylation is 2. The zero-order valence-corrected chi connectivity index (χ0v) is 15.1. The van der Waals surface area contributed by atoms with E-state index in [0.717, 1.165) is 39.7 Å². The van der Waals surface area contributed by atoms with Gasteiger partial charge in [-0.3, -0.25) is 0 Å². The molecule has 4 rings (SSSR count). The van der Waals surface area contributed by atoms with Crippen molar-refractivity contribution in [3.63, 3.8) is 0 Å². The second-order valence-corrected chi connectivity index (χ2v) is 6.49. The summed E-state index contributed by atoms with van der Waals surface area (Å²) in [5.41, 5.74) is 6.21. The lowest BCUT2D eigenvalue weighted by Crippen LogP contribution is -2.10. The van der Waals surface area contributed by atoms with Crippen molar-refractivity contribution in [3.8, 4) is 11.3 Å². The number of anilines is 1. The third-order valence-electron chi connectivity index (χ3n) is 4.53. The molecule has 1 aromatic carbocycles. The van der Waals surface area contributed by atoms with Crippen LogP contribution in [0.25, 0.3) is 16.9 Å². The molecule has 3 heterocycles. The molecule has 1 atom stereocenters. The topological polar surface area (TPSA) is 55.1 Å². The van der Waals surface area contributed by atoms with Gasteiger partial charge < -0.3 is 9.72 Å². The van der Waals surface area contributed by atoms with Crippen LogP contribution in [0.3, 0.4) is 0 Å².